The Morgan fingerprint density at radius 1 is 1.69 bits per heavy atom. The van der Waals surface area contributed by atoms with Crippen molar-refractivity contribution in [2.24, 2.45) is 0 Å². The van der Waals surface area contributed by atoms with Crippen molar-refractivity contribution in [3.05, 3.63) is 11.5 Å². The van der Waals surface area contributed by atoms with Crippen LogP contribution in [-0.4, -0.2) is 40.7 Å². The van der Waals surface area contributed by atoms with Crippen molar-refractivity contribution in [2.75, 3.05) is 18.6 Å². The number of rotatable bonds is 2. The molecule has 2 heterocycles. The van der Waals surface area contributed by atoms with Gasteiger partial charge < -0.3 is 9.84 Å². The van der Waals surface area contributed by atoms with Crippen LogP contribution >= 0.6 is 11.6 Å². The minimum Gasteiger partial charge on any atom is -0.491 e. The summed E-state index contributed by atoms with van der Waals surface area (Å²) in [5.41, 5.74) is 0. The number of aromatic nitrogens is 2. The van der Waals surface area contributed by atoms with E-state index in [2.05, 4.69) is 9.97 Å². The van der Waals surface area contributed by atoms with Gasteiger partial charge in [0.15, 0.2) is 11.6 Å². The van der Waals surface area contributed by atoms with Gasteiger partial charge in [0, 0.05) is 0 Å². The summed E-state index contributed by atoms with van der Waals surface area (Å²) in [5.74, 6) is 0.441. The number of anilines is 1. The quantitative estimate of drug-likeness (QED) is 0.753. The third-order valence-electron chi connectivity index (χ3n) is 2.29. The Labute approximate surface area is 96.8 Å². The van der Waals surface area contributed by atoms with Crippen molar-refractivity contribution in [1.82, 2.24) is 9.97 Å². The maximum atomic E-state index is 11.6. The van der Waals surface area contributed by atoms with Gasteiger partial charge in [-0.05, 0) is 11.6 Å². The van der Waals surface area contributed by atoms with Crippen molar-refractivity contribution in [1.29, 1.82) is 0 Å². The van der Waals surface area contributed by atoms with Gasteiger partial charge in [0.1, 0.15) is 0 Å². The van der Waals surface area contributed by atoms with Crippen molar-refractivity contribution < 1.29 is 14.6 Å². The zero-order valence-electron chi connectivity index (χ0n) is 8.55. The molecule has 2 rings (SSSR count). The molecular formula is C9H10ClN3O3. The molecule has 1 aliphatic heterocycles. The monoisotopic (exact) mass is 243 g/mol. The summed E-state index contributed by atoms with van der Waals surface area (Å²) in [6, 6.07) is 0. The van der Waals surface area contributed by atoms with Crippen LogP contribution in [0, 0.1) is 0 Å². The minimum atomic E-state index is -0.675. The molecule has 1 aliphatic rings. The topological polar surface area (TPSA) is 75.6 Å². The number of aliphatic hydroxyl groups is 1. The number of amides is 1. The molecule has 1 N–H and O–H groups in total. The van der Waals surface area contributed by atoms with E-state index in [0.29, 0.717) is 11.6 Å². The fourth-order valence-electron chi connectivity index (χ4n) is 1.57. The number of methoxy groups -OCH3 is 1. The first-order valence-corrected chi connectivity index (χ1v) is 5.04. The first-order chi connectivity index (χ1) is 7.61. The number of nitrogens with zero attached hydrogens (tertiary/aromatic N) is 3. The molecule has 1 atom stereocenters. The van der Waals surface area contributed by atoms with E-state index in [4.69, 9.17) is 16.3 Å². The normalized spacial score (nSPS) is 20.3. The van der Waals surface area contributed by atoms with E-state index in [1.807, 2.05) is 0 Å². The third kappa shape index (κ3) is 1.94. The summed E-state index contributed by atoms with van der Waals surface area (Å²) >= 11 is 5.66. The molecule has 7 heteroatoms. The molecule has 1 aromatic rings. The lowest BCUT2D eigenvalue weighted by molar-refractivity contribution is -0.117. The Bertz CT molecular complexity index is 426. The maximum Gasteiger partial charge on any atom is 0.231 e. The Balaban J connectivity index is 2.39. The van der Waals surface area contributed by atoms with Gasteiger partial charge in [0.05, 0.1) is 32.4 Å². The summed E-state index contributed by atoms with van der Waals surface area (Å²) in [5, 5.41) is 9.42. The third-order valence-corrected chi connectivity index (χ3v) is 2.47. The average Bonchev–Trinajstić information content (AvgIpc) is 2.57. The molecule has 6 nitrogen and oxygen atoms in total. The second-order valence-corrected chi connectivity index (χ2v) is 3.73. The smallest absolute Gasteiger partial charge is 0.231 e. The zero-order chi connectivity index (χ0) is 11.7. The molecule has 0 aliphatic carbocycles. The molecule has 1 amide bonds. The van der Waals surface area contributed by atoms with Gasteiger partial charge in [-0.1, -0.05) is 0 Å². The highest BCUT2D eigenvalue weighted by molar-refractivity contribution is 6.28. The standard InChI is InChI=1S/C9H10ClN3O3/c1-16-6-3-11-9(10)12-8(6)13-4-5(14)2-7(13)15/h3,5,14H,2,4H2,1H3. The van der Waals surface area contributed by atoms with Gasteiger partial charge in [-0.2, -0.15) is 4.98 Å². The molecule has 1 saturated heterocycles. The van der Waals surface area contributed by atoms with E-state index in [-0.39, 0.29) is 24.2 Å². The predicted octanol–water partition coefficient (Wildman–Crippen LogP) is 0.236. The molecule has 1 fully saturated rings. The molecule has 0 bridgehead atoms. The summed E-state index contributed by atoms with van der Waals surface area (Å²) in [6.07, 6.45) is 0.805. The number of aliphatic hydroxyl groups excluding tert-OH is 1. The van der Waals surface area contributed by atoms with Crippen LogP contribution in [0.5, 0.6) is 5.75 Å². The lowest BCUT2D eigenvalue weighted by Gasteiger charge is -2.17. The van der Waals surface area contributed by atoms with Crippen LogP contribution in [0.1, 0.15) is 6.42 Å². The number of hydrogen-bond donors (Lipinski definition) is 1. The largest absolute Gasteiger partial charge is 0.491 e. The highest BCUT2D eigenvalue weighted by Gasteiger charge is 2.32. The van der Waals surface area contributed by atoms with Gasteiger partial charge in [-0.15, -0.1) is 0 Å². The fraction of sp³-hybridized carbons (Fsp3) is 0.444. The van der Waals surface area contributed by atoms with Crippen LogP contribution in [0.15, 0.2) is 6.20 Å². The van der Waals surface area contributed by atoms with Gasteiger partial charge in [-0.3, -0.25) is 9.69 Å². The summed E-state index contributed by atoms with van der Waals surface area (Å²) in [6.45, 7) is 0.197. The number of hydrogen-bond acceptors (Lipinski definition) is 5. The molecule has 0 aromatic carbocycles. The molecule has 1 unspecified atom stereocenters. The van der Waals surface area contributed by atoms with E-state index in [9.17, 15) is 9.90 Å². The number of carbonyl (C=O) groups is 1. The summed E-state index contributed by atoms with van der Waals surface area (Å²) in [7, 11) is 1.45. The Kier molecular flexibility index (Phi) is 2.93. The van der Waals surface area contributed by atoms with Crippen LogP contribution in [0.25, 0.3) is 0 Å². The van der Waals surface area contributed by atoms with Crippen LogP contribution in [0.2, 0.25) is 5.28 Å². The second-order valence-electron chi connectivity index (χ2n) is 3.39. The predicted molar refractivity (Wildman–Crippen MR) is 56.6 cm³/mol. The highest BCUT2D eigenvalue weighted by Crippen LogP contribution is 2.29. The molecular weight excluding hydrogens is 234 g/mol. The van der Waals surface area contributed by atoms with Gasteiger partial charge in [0.2, 0.25) is 11.2 Å². The fourth-order valence-corrected chi connectivity index (χ4v) is 1.70. The lowest BCUT2D eigenvalue weighted by atomic mass is 10.3. The van der Waals surface area contributed by atoms with Crippen LogP contribution in [0.4, 0.5) is 5.82 Å². The Morgan fingerprint density at radius 3 is 3.00 bits per heavy atom. The first kappa shape index (κ1) is 11.1. The van der Waals surface area contributed by atoms with Crippen LogP contribution in [0.3, 0.4) is 0 Å². The number of carbonyl (C=O) groups excluding carboxylic acids is 1. The first-order valence-electron chi connectivity index (χ1n) is 4.66. The van der Waals surface area contributed by atoms with Crippen LogP contribution in [-0.2, 0) is 4.79 Å². The molecule has 0 spiro atoms. The zero-order valence-corrected chi connectivity index (χ0v) is 9.31. The van der Waals surface area contributed by atoms with Crippen molar-refractivity contribution in [3.63, 3.8) is 0 Å². The van der Waals surface area contributed by atoms with Gasteiger partial charge in [0.25, 0.3) is 0 Å². The second kappa shape index (κ2) is 4.23. The van der Waals surface area contributed by atoms with E-state index in [0.717, 1.165) is 0 Å². The van der Waals surface area contributed by atoms with E-state index in [1.165, 1.54) is 18.2 Å². The number of β-amino-alcohol motifs (C(OH)–C–C–N with tert-alkyl or cyclic N) is 1. The van der Waals surface area contributed by atoms with Gasteiger partial charge in [-0.25, -0.2) is 4.98 Å². The highest BCUT2D eigenvalue weighted by atomic mass is 35.5. The molecule has 16 heavy (non-hydrogen) atoms. The number of halogens is 1. The molecule has 0 saturated carbocycles. The van der Waals surface area contributed by atoms with Crippen molar-refractivity contribution in [2.45, 2.75) is 12.5 Å². The minimum absolute atomic E-state index is 0.0324. The van der Waals surface area contributed by atoms with E-state index >= 15 is 0 Å². The van der Waals surface area contributed by atoms with Crippen LogP contribution < -0.4 is 9.64 Å². The molecule has 1 aromatic heterocycles. The van der Waals surface area contributed by atoms with E-state index in [1.54, 1.807) is 0 Å². The van der Waals surface area contributed by atoms with Crippen molar-refractivity contribution in [3.8, 4) is 5.75 Å². The Morgan fingerprint density at radius 2 is 2.44 bits per heavy atom. The van der Waals surface area contributed by atoms with Crippen molar-refractivity contribution >= 4 is 23.3 Å². The SMILES string of the molecule is COc1cnc(Cl)nc1N1CC(O)CC1=O. The van der Waals surface area contributed by atoms with E-state index < -0.39 is 6.10 Å². The molecule has 86 valence electrons. The lowest BCUT2D eigenvalue weighted by Crippen LogP contribution is -2.26. The Hall–Kier alpha value is -1.40. The molecule has 0 radical (unpaired) electrons. The maximum absolute atomic E-state index is 11.6. The average molecular weight is 244 g/mol. The number of ether oxygens (including phenoxy) is 1. The summed E-state index contributed by atoms with van der Waals surface area (Å²) < 4.78 is 5.04. The van der Waals surface area contributed by atoms with Gasteiger partial charge >= 0.3 is 0 Å². The summed E-state index contributed by atoms with van der Waals surface area (Å²) in [4.78, 5) is 20.6.